The van der Waals surface area contributed by atoms with Gasteiger partial charge in [0, 0.05) is 11.1 Å². The van der Waals surface area contributed by atoms with Gasteiger partial charge < -0.3 is 4.52 Å². The Morgan fingerprint density at radius 1 is 0.826 bits per heavy atom. The monoisotopic (exact) mass is 328 g/mol. The van der Waals surface area contributed by atoms with E-state index in [2.05, 4.69) is 4.52 Å². The summed E-state index contributed by atoms with van der Waals surface area (Å²) in [6, 6.07) is 18.7. The molecule has 0 saturated heterocycles. The van der Waals surface area contributed by atoms with E-state index in [4.69, 9.17) is 9.79 Å². The minimum atomic E-state index is -4.61. The van der Waals surface area contributed by atoms with E-state index in [0.717, 1.165) is 5.39 Å². The van der Waals surface area contributed by atoms with Gasteiger partial charge in [-0.1, -0.05) is 48.5 Å². The third-order valence-electron chi connectivity index (χ3n) is 3.33. The topological polar surface area (TPSA) is 83.8 Å². The van der Waals surface area contributed by atoms with E-state index >= 15 is 0 Å². The number of fused-ring (bicyclic) bond motifs is 1. The zero-order chi connectivity index (χ0) is 16.4. The lowest BCUT2D eigenvalue weighted by Crippen LogP contribution is -2.00. The molecule has 0 spiro atoms. The molecule has 0 fully saturated rings. The Morgan fingerprint density at radius 3 is 2.22 bits per heavy atom. The summed E-state index contributed by atoms with van der Waals surface area (Å²) in [5.74, 6) is -0.0658. The number of ketones is 1. The largest absolute Gasteiger partial charge is 0.524 e. The van der Waals surface area contributed by atoms with Crippen LogP contribution in [-0.2, 0) is 4.57 Å². The molecule has 0 aliphatic carbocycles. The molecule has 0 atom stereocenters. The Morgan fingerprint density at radius 2 is 1.52 bits per heavy atom. The molecule has 6 heteroatoms. The zero-order valence-corrected chi connectivity index (χ0v) is 12.8. The Bertz CT molecular complexity index is 915. The molecule has 0 heterocycles. The fraction of sp³-hybridized carbons (Fsp3) is 0. The summed E-state index contributed by atoms with van der Waals surface area (Å²) in [7, 11) is -4.61. The van der Waals surface area contributed by atoms with Crippen molar-refractivity contribution in [1.29, 1.82) is 0 Å². The highest BCUT2D eigenvalue weighted by Gasteiger charge is 2.16. The summed E-state index contributed by atoms with van der Waals surface area (Å²) in [5.41, 5.74) is 1.08. The van der Waals surface area contributed by atoms with Crippen LogP contribution in [0.25, 0.3) is 10.8 Å². The van der Waals surface area contributed by atoms with Gasteiger partial charge in [-0.15, -0.1) is 0 Å². The van der Waals surface area contributed by atoms with Crippen LogP contribution in [0.4, 0.5) is 0 Å². The molecular weight excluding hydrogens is 315 g/mol. The maximum Gasteiger partial charge on any atom is 0.524 e. The van der Waals surface area contributed by atoms with Crippen molar-refractivity contribution < 1.29 is 23.7 Å². The van der Waals surface area contributed by atoms with E-state index in [1.54, 1.807) is 48.5 Å². The van der Waals surface area contributed by atoms with E-state index in [1.165, 1.54) is 12.1 Å². The minimum absolute atomic E-state index is 0.0511. The van der Waals surface area contributed by atoms with Crippen molar-refractivity contribution in [3.63, 3.8) is 0 Å². The Labute approximate surface area is 132 Å². The standard InChI is InChI=1S/C17H13O5P/c18-17(13-4-2-1-3-5-13)14-7-6-12-8-9-16(11-15(12)10-14)22-23(19,20)21/h1-11H,(H2,19,20,21). The molecule has 0 amide bonds. The number of phosphoric ester groups is 1. The molecular formula is C17H13O5P. The third kappa shape index (κ3) is 3.66. The van der Waals surface area contributed by atoms with E-state index in [9.17, 15) is 9.36 Å². The van der Waals surface area contributed by atoms with Gasteiger partial charge in [-0.2, -0.15) is 0 Å². The molecule has 0 bridgehead atoms. The van der Waals surface area contributed by atoms with Crippen LogP contribution in [0.3, 0.4) is 0 Å². The highest BCUT2D eigenvalue weighted by atomic mass is 31.2. The van der Waals surface area contributed by atoms with Gasteiger partial charge in [0.1, 0.15) is 5.75 Å². The van der Waals surface area contributed by atoms with Crippen molar-refractivity contribution in [2.75, 3.05) is 0 Å². The average molecular weight is 328 g/mol. The van der Waals surface area contributed by atoms with Gasteiger partial charge in [-0.3, -0.25) is 14.6 Å². The molecule has 3 rings (SSSR count). The SMILES string of the molecule is O=C(c1ccccc1)c1ccc2ccc(OP(=O)(O)O)cc2c1. The first-order valence-electron chi connectivity index (χ1n) is 6.81. The van der Waals surface area contributed by atoms with Crippen molar-refractivity contribution in [2.45, 2.75) is 0 Å². The summed E-state index contributed by atoms with van der Waals surface area (Å²) in [4.78, 5) is 30.2. The van der Waals surface area contributed by atoms with Gasteiger partial charge in [0.05, 0.1) is 0 Å². The highest BCUT2D eigenvalue weighted by Crippen LogP contribution is 2.38. The Kier molecular flexibility index (Phi) is 4.01. The molecule has 2 N–H and O–H groups in total. The predicted octanol–water partition coefficient (Wildman–Crippen LogP) is 3.54. The third-order valence-corrected chi connectivity index (χ3v) is 3.78. The second-order valence-electron chi connectivity index (χ2n) is 5.00. The molecule has 23 heavy (non-hydrogen) atoms. The molecule has 0 aliphatic rings. The molecule has 0 aromatic heterocycles. The molecule has 0 unspecified atom stereocenters. The molecule has 5 nitrogen and oxygen atoms in total. The summed E-state index contributed by atoms with van der Waals surface area (Å²) < 4.78 is 15.5. The van der Waals surface area contributed by atoms with Crippen LogP contribution in [0.1, 0.15) is 15.9 Å². The van der Waals surface area contributed by atoms with Crippen molar-refractivity contribution in [2.24, 2.45) is 0 Å². The highest BCUT2D eigenvalue weighted by molar-refractivity contribution is 7.46. The Hall–Kier alpha value is -2.46. The van der Waals surface area contributed by atoms with Crippen LogP contribution >= 0.6 is 7.82 Å². The van der Waals surface area contributed by atoms with Crippen molar-refractivity contribution in [3.05, 3.63) is 77.9 Å². The minimum Gasteiger partial charge on any atom is -0.404 e. The Balaban J connectivity index is 2.00. The van der Waals surface area contributed by atoms with E-state index in [0.29, 0.717) is 16.5 Å². The van der Waals surface area contributed by atoms with Crippen LogP contribution < -0.4 is 4.52 Å². The van der Waals surface area contributed by atoms with Crippen molar-refractivity contribution in [3.8, 4) is 5.75 Å². The van der Waals surface area contributed by atoms with Crippen LogP contribution in [0.15, 0.2) is 66.7 Å². The maximum absolute atomic E-state index is 12.4. The molecule has 0 saturated carbocycles. The molecule has 116 valence electrons. The first-order valence-corrected chi connectivity index (χ1v) is 8.34. The molecule has 0 aliphatic heterocycles. The van der Waals surface area contributed by atoms with Gasteiger partial charge in [-0.05, 0) is 29.0 Å². The summed E-state index contributed by atoms with van der Waals surface area (Å²) in [6.45, 7) is 0. The number of rotatable bonds is 4. The molecule has 3 aromatic carbocycles. The normalized spacial score (nSPS) is 11.4. The number of hydrogen-bond acceptors (Lipinski definition) is 3. The van der Waals surface area contributed by atoms with Gasteiger partial charge >= 0.3 is 7.82 Å². The first kappa shape index (κ1) is 15.4. The lowest BCUT2D eigenvalue weighted by atomic mass is 10.00. The molecule has 0 radical (unpaired) electrons. The second kappa shape index (κ2) is 5.97. The lowest BCUT2D eigenvalue weighted by Gasteiger charge is -2.08. The number of carbonyl (C=O) groups excluding carboxylic acids is 1. The van der Waals surface area contributed by atoms with Gasteiger partial charge in [0.2, 0.25) is 0 Å². The van der Waals surface area contributed by atoms with E-state index < -0.39 is 7.82 Å². The predicted molar refractivity (Wildman–Crippen MR) is 86.5 cm³/mol. The number of hydrogen-bond donors (Lipinski definition) is 2. The van der Waals surface area contributed by atoms with E-state index in [1.807, 2.05) is 6.07 Å². The zero-order valence-electron chi connectivity index (χ0n) is 11.9. The van der Waals surface area contributed by atoms with E-state index in [-0.39, 0.29) is 11.5 Å². The lowest BCUT2D eigenvalue weighted by molar-refractivity contribution is 0.103. The van der Waals surface area contributed by atoms with Crippen LogP contribution in [0.2, 0.25) is 0 Å². The first-order chi connectivity index (χ1) is 10.9. The second-order valence-corrected chi connectivity index (χ2v) is 6.16. The molecule has 3 aromatic rings. The van der Waals surface area contributed by atoms with Crippen LogP contribution in [-0.4, -0.2) is 15.6 Å². The maximum atomic E-state index is 12.4. The quantitative estimate of drug-likeness (QED) is 0.565. The van der Waals surface area contributed by atoms with Crippen LogP contribution in [0.5, 0.6) is 5.75 Å². The van der Waals surface area contributed by atoms with Gasteiger partial charge in [0.25, 0.3) is 0 Å². The van der Waals surface area contributed by atoms with Crippen LogP contribution in [0, 0.1) is 0 Å². The van der Waals surface area contributed by atoms with Crippen molar-refractivity contribution in [1.82, 2.24) is 0 Å². The van der Waals surface area contributed by atoms with Gasteiger partial charge in [0.15, 0.2) is 5.78 Å². The number of phosphoric acid groups is 1. The average Bonchev–Trinajstić information content (AvgIpc) is 2.53. The summed E-state index contributed by atoms with van der Waals surface area (Å²) >= 11 is 0. The van der Waals surface area contributed by atoms with Crippen molar-refractivity contribution >= 4 is 24.4 Å². The fourth-order valence-electron chi connectivity index (χ4n) is 2.32. The van der Waals surface area contributed by atoms with Gasteiger partial charge in [-0.25, -0.2) is 4.57 Å². The smallest absolute Gasteiger partial charge is 0.404 e. The number of benzene rings is 3. The summed E-state index contributed by atoms with van der Waals surface area (Å²) in [5, 5.41) is 1.51. The fourth-order valence-corrected chi connectivity index (χ4v) is 2.70. The number of carbonyl (C=O) groups is 1. The summed E-state index contributed by atoms with van der Waals surface area (Å²) in [6.07, 6.45) is 0.